The lowest BCUT2D eigenvalue weighted by atomic mass is 9.97. The number of rotatable bonds is 5. The van der Waals surface area contributed by atoms with Crippen LogP contribution in [0.4, 0.5) is 17.6 Å². The Balaban J connectivity index is 3.28. The van der Waals surface area contributed by atoms with Crippen LogP contribution in [0.1, 0.15) is 37.4 Å². The molecule has 2 unspecified atom stereocenters. The van der Waals surface area contributed by atoms with Gasteiger partial charge in [0.05, 0.1) is 5.56 Å². The lowest BCUT2D eigenvalue weighted by Crippen LogP contribution is -2.37. The van der Waals surface area contributed by atoms with Crippen molar-refractivity contribution >= 4 is 0 Å². The number of nitrogens with zero attached hydrogens (tertiary/aromatic N) is 1. The predicted molar refractivity (Wildman–Crippen MR) is 70.7 cm³/mol. The Kier molecular flexibility index (Phi) is 5.53. The van der Waals surface area contributed by atoms with E-state index in [9.17, 15) is 17.6 Å². The molecule has 0 radical (unpaired) electrons. The van der Waals surface area contributed by atoms with Gasteiger partial charge >= 0.3 is 6.18 Å². The first-order chi connectivity index (χ1) is 9.22. The topological polar surface area (TPSA) is 29.3 Å². The van der Waals surface area contributed by atoms with Gasteiger partial charge in [0.1, 0.15) is 5.82 Å². The summed E-state index contributed by atoms with van der Waals surface area (Å²) in [7, 11) is 1.73. The first kappa shape index (κ1) is 16.9. The van der Waals surface area contributed by atoms with Gasteiger partial charge in [0, 0.05) is 18.6 Å². The zero-order valence-electron chi connectivity index (χ0n) is 11.8. The Morgan fingerprint density at radius 1 is 1.30 bits per heavy atom. The van der Waals surface area contributed by atoms with Crippen LogP contribution in [-0.2, 0) is 6.18 Å². The summed E-state index contributed by atoms with van der Waals surface area (Å²) in [5.74, 6) is -0.900. The van der Waals surface area contributed by atoms with Gasteiger partial charge < -0.3 is 5.73 Å². The summed E-state index contributed by atoms with van der Waals surface area (Å²) in [4.78, 5) is 1.79. The van der Waals surface area contributed by atoms with E-state index in [0.29, 0.717) is 6.07 Å². The first-order valence-electron chi connectivity index (χ1n) is 6.51. The highest BCUT2D eigenvalue weighted by molar-refractivity contribution is 5.33. The first-order valence-corrected chi connectivity index (χ1v) is 6.51. The molecule has 1 rings (SSSR count). The smallest absolute Gasteiger partial charge is 0.329 e. The van der Waals surface area contributed by atoms with Crippen molar-refractivity contribution in [2.24, 2.45) is 5.73 Å². The van der Waals surface area contributed by atoms with E-state index in [2.05, 4.69) is 0 Å². The number of alkyl halides is 3. The van der Waals surface area contributed by atoms with Crippen molar-refractivity contribution in [2.45, 2.75) is 38.5 Å². The number of likely N-dealkylation sites (N-methyl/N-ethyl adjacent to an activating group) is 1. The molecule has 0 saturated carbocycles. The summed E-state index contributed by atoms with van der Waals surface area (Å²) < 4.78 is 52.3. The molecule has 0 aliphatic carbocycles. The molecule has 20 heavy (non-hydrogen) atoms. The highest BCUT2D eigenvalue weighted by Crippen LogP contribution is 2.36. The minimum absolute atomic E-state index is 0.0178. The molecular weight excluding hydrogens is 272 g/mol. The molecule has 0 spiro atoms. The molecule has 0 fully saturated rings. The zero-order chi connectivity index (χ0) is 15.5. The van der Waals surface area contributed by atoms with Crippen LogP contribution in [0.15, 0.2) is 18.2 Å². The molecule has 0 bridgehead atoms. The van der Waals surface area contributed by atoms with E-state index >= 15 is 0 Å². The molecule has 0 saturated heterocycles. The summed E-state index contributed by atoms with van der Waals surface area (Å²) in [5, 5.41) is 0. The highest BCUT2D eigenvalue weighted by Gasteiger charge is 2.36. The molecule has 2 atom stereocenters. The molecule has 1 aromatic rings. The maximum Gasteiger partial charge on any atom is 0.416 e. The van der Waals surface area contributed by atoms with E-state index in [0.717, 1.165) is 12.5 Å². The van der Waals surface area contributed by atoms with Crippen molar-refractivity contribution in [1.82, 2.24) is 4.90 Å². The Bertz CT molecular complexity index is 445. The maximum absolute atomic E-state index is 13.1. The van der Waals surface area contributed by atoms with Gasteiger partial charge in [-0.15, -0.1) is 0 Å². The van der Waals surface area contributed by atoms with Crippen molar-refractivity contribution in [2.75, 3.05) is 13.6 Å². The summed E-state index contributed by atoms with van der Waals surface area (Å²) >= 11 is 0. The van der Waals surface area contributed by atoms with Crippen molar-refractivity contribution in [3.05, 3.63) is 35.1 Å². The fourth-order valence-corrected chi connectivity index (χ4v) is 2.17. The van der Waals surface area contributed by atoms with Gasteiger partial charge in [-0.05, 0) is 38.1 Å². The Hall–Kier alpha value is -1.14. The van der Waals surface area contributed by atoms with Gasteiger partial charge in [-0.25, -0.2) is 4.39 Å². The van der Waals surface area contributed by atoms with Crippen molar-refractivity contribution in [3.63, 3.8) is 0 Å². The van der Waals surface area contributed by atoms with Crippen LogP contribution < -0.4 is 5.73 Å². The molecule has 6 heteroatoms. The van der Waals surface area contributed by atoms with Crippen LogP contribution in [0.25, 0.3) is 0 Å². The SMILES string of the molecule is CCC(C)N(C)C(CN)c1ccc(F)cc1C(F)(F)F. The van der Waals surface area contributed by atoms with Gasteiger partial charge in [0.2, 0.25) is 0 Å². The number of hydrogen-bond acceptors (Lipinski definition) is 2. The van der Waals surface area contributed by atoms with Gasteiger partial charge in [-0.3, -0.25) is 4.90 Å². The maximum atomic E-state index is 13.1. The highest BCUT2D eigenvalue weighted by atomic mass is 19.4. The Morgan fingerprint density at radius 3 is 2.35 bits per heavy atom. The number of nitrogens with two attached hydrogens (primary N) is 1. The van der Waals surface area contributed by atoms with Crippen LogP contribution in [0.5, 0.6) is 0 Å². The molecule has 0 aliphatic heterocycles. The molecule has 0 amide bonds. The molecule has 0 heterocycles. The second-order valence-electron chi connectivity index (χ2n) is 4.90. The Morgan fingerprint density at radius 2 is 1.90 bits per heavy atom. The minimum Gasteiger partial charge on any atom is -0.329 e. The second kappa shape index (κ2) is 6.54. The predicted octanol–water partition coefficient (Wildman–Crippen LogP) is 3.57. The fourth-order valence-electron chi connectivity index (χ4n) is 2.17. The average Bonchev–Trinajstić information content (AvgIpc) is 2.38. The zero-order valence-corrected chi connectivity index (χ0v) is 11.8. The molecular formula is C14H20F4N2. The standard InChI is InChI=1S/C14H20F4N2/c1-4-9(2)20(3)13(8-19)11-6-5-10(15)7-12(11)14(16,17)18/h5-7,9,13H,4,8,19H2,1-3H3. The normalized spacial score (nSPS) is 15.4. The lowest BCUT2D eigenvalue weighted by molar-refractivity contribution is -0.139. The van der Waals surface area contributed by atoms with Crippen molar-refractivity contribution in [1.29, 1.82) is 0 Å². The van der Waals surface area contributed by atoms with E-state index < -0.39 is 23.6 Å². The summed E-state index contributed by atoms with van der Waals surface area (Å²) in [6, 6.07) is 2.23. The van der Waals surface area contributed by atoms with Gasteiger partial charge in [0.15, 0.2) is 0 Å². The van der Waals surface area contributed by atoms with E-state index in [-0.39, 0.29) is 18.2 Å². The van der Waals surface area contributed by atoms with Gasteiger partial charge in [0.25, 0.3) is 0 Å². The summed E-state index contributed by atoms with van der Waals surface area (Å²) in [5.41, 5.74) is 4.71. The average molecular weight is 292 g/mol. The molecule has 1 aromatic carbocycles. The quantitative estimate of drug-likeness (QED) is 0.841. The van der Waals surface area contributed by atoms with Crippen molar-refractivity contribution < 1.29 is 17.6 Å². The third kappa shape index (κ3) is 3.70. The summed E-state index contributed by atoms with van der Waals surface area (Å²) in [6.07, 6.45) is -3.81. The van der Waals surface area contributed by atoms with Crippen LogP contribution in [0, 0.1) is 5.82 Å². The van der Waals surface area contributed by atoms with Crippen molar-refractivity contribution in [3.8, 4) is 0 Å². The Labute approximate surface area is 116 Å². The largest absolute Gasteiger partial charge is 0.416 e. The molecule has 2 N–H and O–H groups in total. The minimum atomic E-state index is -4.60. The lowest BCUT2D eigenvalue weighted by Gasteiger charge is -2.33. The van der Waals surface area contributed by atoms with Crippen LogP contribution in [-0.4, -0.2) is 24.5 Å². The van der Waals surface area contributed by atoms with E-state index in [1.807, 2.05) is 13.8 Å². The number of hydrogen-bond donors (Lipinski definition) is 1. The third-order valence-electron chi connectivity index (χ3n) is 3.68. The second-order valence-corrected chi connectivity index (χ2v) is 4.90. The monoisotopic (exact) mass is 292 g/mol. The van der Waals surface area contributed by atoms with Crippen LogP contribution >= 0.6 is 0 Å². The van der Waals surface area contributed by atoms with E-state index in [1.54, 1.807) is 11.9 Å². The molecule has 0 aliphatic rings. The number of halogens is 4. The third-order valence-corrected chi connectivity index (χ3v) is 3.68. The summed E-state index contributed by atoms with van der Waals surface area (Å²) in [6.45, 7) is 3.90. The van der Waals surface area contributed by atoms with E-state index in [4.69, 9.17) is 5.73 Å². The van der Waals surface area contributed by atoms with Crippen LogP contribution in [0.2, 0.25) is 0 Å². The molecule has 2 nitrogen and oxygen atoms in total. The number of benzene rings is 1. The molecule has 0 aromatic heterocycles. The fraction of sp³-hybridized carbons (Fsp3) is 0.571. The van der Waals surface area contributed by atoms with Gasteiger partial charge in [-0.2, -0.15) is 13.2 Å². The van der Waals surface area contributed by atoms with Crippen LogP contribution in [0.3, 0.4) is 0 Å². The van der Waals surface area contributed by atoms with Gasteiger partial charge in [-0.1, -0.05) is 13.0 Å². The van der Waals surface area contributed by atoms with E-state index in [1.165, 1.54) is 6.07 Å². The molecule has 114 valence electrons.